The van der Waals surface area contributed by atoms with Crippen molar-refractivity contribution in [3.63, 3.8) is 0 Å². The van der Waals surface area contributed by atoms with E-state index in [9.17, 15) is 9.90 Å². The van der Waals surface area contributed by atoms with Gasteiger partial charge in [-0.05, 0) is 85.4 Å². The Hall–Kier alpha value is -3.35. The Morgan fingerprint density at radius 2 is 1.62 bits per heavy atom. The maximum atomic E-state index is 13.6. The van der Waals surface area contributed by atoms with Gasteiger partial charge >= 0.3 is 0 Å². The Morgan fingerprint density at radius 1 is 0.975 bits per heavy atom. The lowest BCUT2D eigenvalue weighted by atomic mass is 9.82. The lowest BCUT2D eigenvalue weighted by molar-refractivity contribution is -0.133. The van der Waals surface area contributed by atoms with Gasteiger partial charge in [-0.15, -0.1) is 0 Å². The predicted molar refractivity (Wildman–Crippen MR) is 166 cm³/mol. The molecule has 0 bridgehead atoms. The molecule has 1 N–H and O–H groups in total. The number of carbonyl (C=O) groups excluding carboxylic acids is 1. The summed E-state index contributed by atoms with van der Waals surface area (Å²) in [5.74, 6) is 0.925. The molecule has 4 rings (SSSR count). The molecule has 3 aromatic rings. The molecule has 1 unspecified atom stereocenters. The fourth-order valence-corrected chi connectivity index (χ4v) is 6.27. The van der Waals surface area contributed by atoms with E-state index in [4.69, 9.17) is 9.16 Å². The van der Waals surface area contributed by atoms with E-state index >= 15 is 0 Å². The van der Waals surface area contributed by atoms with E-state index in [0.29, 0.717) is 6.61 Å². The molecule has 212 valence electrons. The minimum Gasteiger partial charge on any atom is -0.508 e. The zero-order chi connectivity index (χ0) is 28.9. The van der Waals surface area contributed by atoms with Crippen LogP contribution in [0.2, 0.25) is 18.1 Å². The van der Waals surface area contributed by atoms with E-state index in [1.54, 1.807) is 12.1 Å². The summed E-state index contributed by atoms with van der Waals surface area (Å²) in [7, 11) is -2.03. The van der Waals surface area contributed by atoms with Crippen LogP contribution in [0.25, 0.3) is 6.08 Å². The number of aromatic hydroxyl groups is 1. The molecule has 40 heavy (non-hydrogen) atoms. The van der Waals surface area contributed by atoms with Gasteiger partial charge in [0.15, 0.2) is 8.32 Å². The Bertz CT molecular complexity index is 1280. The van der Waals surface area contributed by atoms with Gasteiger partial charge in [0.25, 0.3) is 0 Å². The number of nitrogens with zero attached hydrogens (tertiary/aromatic N) is 1. The fraction of sp³-hybridized carbons (Fsp3) is 0.382. The number of phenolic OH excluding ortho intramolecular Hbond substituents is 1. The van der Waals surface area contributed by atoms with Crippen LogP contribution in [0.3, 0.4) is 0 Å². The van der Waals surface area contributed by atoms with Crippen LogP contribution in [0.15, 0.2) is 84.9 Å². The third-order valence-electron chi connectivity index (χ3n) is 8.20. The molecular formula is C34H43NO4Si. The van der Waals surface area contributed by atoms with Crippen molar-refractivity contribution in [3.05, 3.63) is 96.1 Å². The minimum atomic E-state index is -2.03. The molecule has 3 atom stereocenters. The summed E-state index contributed by atoms with van der Waals surface area (Å²) in [6.07, 6.45) is 5.82. The second-order valence-electron chi connectivity index (χ2n) is 12.2. The number of rotatable bonds is 11. The zero-order valence-electron chi connectivity index (χ0n) is 24.6. The van der Waals surface area contributed by atoms with Crippen molar-refractivity contribution < 1.29 is 19.1 Å². The van der Waals surface area contributed by atoms with Crippen molar-refractivity contribution in [1.29, 1.82) is 0 Å². The van der Waals surface area contributed by atoms with Crippen LogP contribution in [-0.4, -0.2) is 38.1 Å². The van der Waals surface area contributed by atoms with Crippen molar-refractivity contribution >= 4 is 26.0 Å². The molecular weight excluding hydrogens is 514 g/mol. The molecule has 0 saturated carbocycles. The van der Waals surface area contributed by atoms with Crippen LogP contribution in [0.5, 0.6) is 11.5 Å². The van der Waals surface area contributed by atoms with Crippen molar-refractivity contribution in [2.45, 2.75) is 70.8 Å². The summed E-state index contributed by atoms with van der Waals surface area (Å²) in [4.78, 5) is 15.5. The number of phenols is 1. The number of hydrogen-bond donors (Lipinski definition) is 1. The van der Waals surface area contributed by atoms with Crippen LogP contribution >= 0.6 is 0 Å². The fourth-order valence-electron chi connectivity index (χ4n) is 4.84. The van der Waals surface area contributed by atoms with Crippen LogP contribution in [0.1, 0.15) is 45.2 Å². The van der Waals surface area contributed by atoms with E-state index in [2.05, 4.69) is 65.1 Å². The van der Waals surface area contributed by atoms with E-state index in [1.165, 1.54) is 5.56 Å². The summed E-state index contributed by atoms with van der Waals surface area (Å²) in [5.41, 5.74) is 3.14. The minimum absolute atomic E-state index is 0.0724. The second kappa shape index (κ2) is 12.4. The maximum absolute atomic E-state index is 13.6. The zero-order valence-corrected chi connectivity index (χ0v) is 25.6. The highest BCUT2D eigenvalue weighted by Crippen LogP contribution is 2.42. The van der Waals surface area contributed by atoms with Crippen molar-refractivity contribution in [2.75, 3.05) is 11.5 Å². The van der Waals surface area contributed by atoms with Gasteiger partial charge in [-0.1, -0.05) is 75.4 Å². The number of ether oxygens (including phenoxy) is 1. The molecule has 1 saturated heterocycles. The normalized spacial score (nSPS) is 18.6. The molecule has 6 heteroatoms. The summed E-state index contributed by atoms with van der Waals surface area (Å²) >= 11 is 0. The predicted octanol–water partition coefficient (Wildman–Crippen LogP) is 7.86. The molecule has 1 aliphatic rings. The average Bonchev–Trinajstić information content (AvgIpc) is 2.90. The Labute approximate surface area is 240 Å². The highest BCUT2D eigenvalue weighted by atomic mass is 28.4. The van der Waals surface area contributed by atoms with Gasteiger partial charge in [0.1, 0.15) is 11.5 Å². The average molecular weight is 558 g/mol. The largest absolute Gasteiger partial charge is 0.508 e. The third kappa shape index (κ3) is 7.04. The first kappa shape index (κ1) is 29.6. The van der Waals surface area contributed by atoms with Gasteiger partial charge in [-0.3, -0.25) is 4.79 Å². The molecule has 0 radical (unpaired) electrons. The third-order valence-corrected chi connectivity index (χ3v) is 12.8. The topological polar surface area (TPSA) is 59.0 Å². The SMILES string of the molecule is CC(O[Si](C)(C)C(C)(C)C)[C@H]1C(=O)N(c2ccc(OCCCc3ccc(O)cc3)cc2)[C@@H]1/C=C/c1ccccc1. The quantitative estimate of drug-likeness (QED) is 0.148. The Kier molecular flexibility index (Phi) is 9.21. The summed E-state index contributed by atoms with van der Waals surface area (Å²) < 4.78 is 12.6. The first-order chi connectivity index (χ1) is 19.0. The number of aryl methyl sites for hydroxylation is 1. The molecule has 5 nitrogen and oxygen atoms in total. The van der Waals surface area contributed by atoms with Gasteiger partial charge in [-0.25, -0.2) is 0 Å². The molecule has 0 aromatic heterocycles. The van der Waals surface area contributed by atoms with E-state index < -0.39 is 8.32 Å². The summed E-state index contributed by atoms with van der Waals surface area (Å²) in [5, 5.41) is 9.51. The monoisotopic (exact) mass is 557 g/mol. The summed E-state index contributed by atoms with van der Waals surface area (Å²) in [6, 6.07) is 25.2. The number of anilines is 1. The first-order valence-electron chi connectivity index (χ1n) is 14.2. The van der Waals surface area contributed by atoms with Gasteiger partial charge < -0.3 is 19.2 Å². The number of carbonyl (C=O) groups is 1. The lowest BCUT2D eigenvalue weighted by Crippen LogP contribution is -2.65. The van der Waals surface area contributed by atoms with Crippen molar-refractivity contribution in [2.24, 2.45) is 5.92 Å². The van der Waals surface area contributed by atoms with Gasteiger partial charge in [-0.2, -0.15) is 0 Å². The molecule has 1 fully saturated rings. The summed E-state index contributed by atoms with van der Waals surface area (Å²) in [6.45, 7) is 13.8. The van der Waals surface area contributed by atoms with Gasteiger partial charge in [0.2, 0.25) is 5.91 Å². The van der Waals surface area contributed by atoms with Crippen LogP contribution in [0.4, 0.5) is 5.69 Å². The number of amides is 1. The lowest BCUT2D eigenvalue weighted by Gasteiger charge is -2.50. The highest BCUT2D eigenvalue weighted by Gasteiger charge is 2.51. The molecule has 1 aliphatic heterocycles. The number of benzene rings is 3. The van der Waals surface area contributed by atoms with Gasteiger partial charge in [0.05, 0.1) is 24.7 Å². The second-order valence-corrected chi connectivity index (χ2v) is 16.9. The molecule has 3 aromatic carbocycles. The van der Waals surface area contributed by atoms with Crippen LogP contribution < -0.4 is 9.64 Å². The highest BCUT2D eigenvalue weighted by molar-refractivity contribution is 6.74. The smallest absolute Gasteiger partial charge is 0.235 e. The van der Waals surface area contributed by atoms with E-state index in [-0.39, 0.29) is 34.8 Å². The van der Waals surface area contributed by atoms with E-state index in [0.717, 1.165) is 29.8 Å². The Balaban J connectivity index is 1.44. The first-order valence-corrected chi connectivity index (χ1v) is 17.1. The molecule has 1 heterocycles. The van der Waals surface area contributed by atoms with E-state index in [1.807, 2.05) is 59.5 Å². The maximum Gasteiger partial charge on any atom is 0.235 e. The number of hydrogen-bond acceptors (Lipinski definition) is 4. The van der Waals surface area contributed by atoms with Crippen molar-refractivity contribution in [3.8, 4) is 11.5 Å². The van der Waals surface area contributed by atoms with Gasteiger partial charge in [0, 0.05) is 5.69 Å². The molecule has 1 amide bonds. The van der Waals surface area contributed by atoms with Crippen LogP contribution in [-0.2, 0) is 15.6 Å². The van der Waals surface area contributed by atoms with Crippen LogP contribution in [0, 0.1) is 5.92 Å². The van der Waals surface area contributed by atoms with Crippen molar-refractivity contribution in [1.82, 2.24) is 0 Å². The molecule has 0 aliphatic carbocycles. The Morgan fingerprint density at radius 3 is 2.25 bits per heavy atom. The molecule has 0 spiro atoms. The number of β-lactam (4-membered cyclic amide) rings is 1. The standard InChI is InChI=1S/C34H43NO4Si/c1-25(39-40(5,6)34(2,3)4)32-31(23-16-26-11-8-7-9-12-26)35(33(32)37)28-17-21-30(22-18-28)38-24-10-13-27-14-19-29(36)20-15-27/h7-9,11-12,14-23,25,31-32,36H,10,13,24H2,1-6H3/b23-16+/t25?,31-,32-/m1/s1.